The van der Waals surface area contributed by atoms with Crippen LogP contribution in [-0.4, -0.2) is 16.9 Å². The molecule has 0 saturated carbocycles. The number of carbonyl (C=O) groups excluding carboxylic acids is 1. The predicted molar refractivity (Wildman–Crippen MR) is 58.5 cm³/mol. The van der Waals surface area contributed by atoms with Crippen molar-refractivity contribution in [1.82, 2.24) is 5.32 Å². The molecule has 0 aliphatic rings. The molecular formula is C9H18N2OS. The molecule has 3 N–H and O–H groups in total. The minimum atomic E-state index is -0.348. The van der Waals surface area contributed by atoms with E-state index in [1.165, 1.54) is 0 Å². The molecule has 1 atom stereocenters. The van der Waals surface area contributed by atoms with Gasteiger partial charge in [-0.3, -0.25) is 4.79 Å². The Morgan fingerprint density at radius 1 is 1.62 bits per heavy atom. The Bertz CT molecular complexity index is 214. The summed E-state index contributed by atoms with van der Waals surface area (Å²) in [5.74, 6) is -0.00435. The molecule has 0 bridgehead atoms. The van der Waals surface area contributed by atoms with E-state index in [1.54, 1.807) is 6.92 Å². The third-order valence-electron chi connectivity index (χ3n) is 2.27. The lowest BCUT2D eigenvalue weighted by Gasteiger charge is -2.23. The number of carbonyl (C=O) groups is 1. The Hall–Kier alpha value is -0.640. The molecule has 0 aliphatic carbocycles. The van der Waals surface area contributed by atoms with Gasteiger partial charge in [-0.1, -0.05) is 33.0 Å². The fourth-order valence-corrected chi connectivity index (χ4v) is 0.683. The van der Waals surface area contributed by atoms with Crippen LogP contribution in [0.15, 0.2) is 0 Å². The first kappa shape index (κ1) is 12.4. The summed E-state index contributed by atoms with van der Waals surface area (Å²) in [6, 6.07) is -0.228. The van der Waals surface area contributed by atoms with E-state index in [2.05, 4.69) is 5.32 Å². The van der Waals surface area contributed by atoms with E-state index in [4.69, 9.17) is 18.0 Å². The fraction of sp³-hybridized carbons (Fsp3) is 0.778. The van der Waals surface area contributed by atoms with Gasteiger partial charge in [0.15, 0.2) is 0 Å². The standard InChI is InChI=1S/C9H18N2OS/c1-5-9(3,4)8(12)11-6(2)7(10)13/h6H,5H2,1-4H3,(H2,10,13)(H,11,12). The summed E-state index contributed by atoms with van der Waals surface area (Å²) in [6.45, 7) is 7.56. The van der Waals surface area contributed by atoms with Crippen LogP contribution in [0.3, 0.4) is 0 Å². The highest BCUT2D eigenvalue weighted by Crippen LogP contribution is 2.19. The zero-order valence-corrected chi connectivity index (χ0v) is 9.49. The third kappa shape index (κ3) is 3.72. The molecule has 76 valence electrons. The average Bonchev–Trinajstić information content (AvgIpc) is 2.04. The van der Waals surface area contributed by atoms with Crippen LogP contribution < -0.4 is 11.1 Å². The first-order valence-electron chi connectivity index (χ1n) is 4.41. The monoisotopic (exact) mass is 202 g/mol. The van der Waals surface area contributed by atoms with Crippen molar-refractivity contribution in [3.63, 3.8) is 0 Å². The number of rotatable bonds is 4. The zero-order valence-electron chi connectivity index (χ0n) is 8.68. The summed E-state index contributed by atoms with van der Waals surface area (Å²) in [5.41, 5.74) is 5.04. The second-order valence-corrected chi connectivity index (χ2v) is 4.31. The molecule has 0 fully saturated rings. The zero-order chi connectivity index (χ0) is 10.6. The smallest absolute Gasteiger partial charge is 0.226 e. The normalized spacial score (nSPS) is 13.5. The minimum Gasteiger partial charge on any atom is -0.392 e. The van der Waals surface area contributed by atoms with E-state index in [1.807, 2.05) is 20.8 Å². The molecule has 0 aliphatic heterocycles. The van der Waals surface area contributed by atoms with Crippen molar-refractivity contribution in [2.24, 2.45) is 11.1 Å². The van der Waals surface area contributed by atoms with Gasteiger partial charge in [0.05, 0.1) is 11.0 Å². The van der Waals surface area contributed by atoms with E-state index in [9.17, 15) is 4.79 Å². The molecule has 0 rings (SSSR count). The van der Waals surface area contributed by atoms with Crippen LogP contribution in [0.1, 0.15) is 34.1 Å². The summed E-state index contributed by atoms with van der Waals surface area (Å²) in [6.07, 6.45) is 0.795. The topological polar surface area (TPSA) is 55.1 Å². The maximum atomic E-state index is 11.6. The molecule has 1 unspecified atom stereocenters. The van der Waals surface area contributed by atoms with Gasteiger partial charge < -0.3 is 11.1 Å². The molecule has 0 saturated heterocycles. The van der Waals surface area contributed by atoms with Crippen molar-refractivity contribution in [2.75, 3.05) is 0 Å². The summed E-state index contributed by atoms with van der Waals surface area (Å²) >= 11 is 4.76. The fourth-order valence-electron chi connectivity index (χ4n) is 0.624. The Kier molecular flexibility index (Phi) is 4.33. The highest BCUT2D eigenvalue weighted by molar-refractivity contribution is 7.80. The molecular weight excluding hydrogens is 184 g/mol. The number of nitrogens with one attached hydrogen (secondary N) is 1. The number of thiocarbonyl (C=S) groups is 1. The molecule has 13 heavy (non-hydrogen) atoms. The van der Waals surface area contributed by atoms with Crippen LogP contribution in [-0.2, 0) is 4.79 Å². The summed E-state index contributed by atoms with van der Waals surface area (Å²) in [5, 5.41) is 2.77. The Morgan fingerprint density at radius 2 is 2.08 bits per heavy atom. The summed E-state index contributed by atoms with van der Waals surface area (Å²) in [4.78, 5) is 11.9. The molecule has 4 heteroatoms. The maximum Gasteiger partial charge on any atom is 0.226 e. The van der Waals surface area contributed by atoms with Crippen molar-refractivity contribution in [3.05, 3.63) is 0 Å². The van der Waals surface area contributed by atoms with E-state index in [0.717, 1.165) is 6.42 Å². The molecule has 0 radical (unpaired) electrons. The first-order valence-corrected chi connectivity index (χ1v) is 4.82. The van der Waals surface area contributed by atoms with Crippen LogP contribution in [0, 0.1) is 5.41 Å². The Labute approximate surface area is 85.1 Å². The quantitative estimate of drug-likeness (QED) is 0.674. The highest BCUT2D eigenvalue weighted by Gasteiger charge is 2.26. The number of nitrogens with two attached hydrogens (primary N) is 1. The van der Waals surface area contributed by atoms with Gasteiger partial charge >= 0.3 is 0 Å². The van der Waals surface area contributed by atoms with Gasteiger partial charge in [-0.2, -0.15) is 0 Å². The maximum absolute atomic E-state index is 11.6. The third-order valence-corrected chi connectivity index (χ3v) is 2.63. The van der Waals surface area contributed by atoms with Crippen molar-refractivity contribution in [2.45, 2.75) is 40.2 Å². The minimum absolute atomic E-state index is 0.00435. The van der Waals surface area contributed by atoms with Crippen LogP contribution >= 0.6 is 12.2 Å². The lowest BCUT2D eigenvalue weighted by atomic mass is 9.89. The van der Waals surface area contributed by atoms with Gasteiger partial charge in [0.2, 0.25) is 5.91 Å². The van der Waals surface area contributed by atoms with Crippen LogP contribution in [0.4, 0.5) is 0 Å². The van der Waals surface area contributed by atoms with Crippen molar-refractivity contribution >= 4 is 23.1 Å². The number of hydrogen-bond donors (Lipinski definition) is 2. The van der Waals surface area contributed by atoms with Crippen molar-refractivity contribution in [1.29, 1.82) is 0 Å². The van der Waals surface area contributed by atoms with Gasteiger partial charge in [0.25, 0.3) is 0 Å². The van der Waals surface area contributed by atoms with Gasteiger partial charge in [0, 0.05) is 5.41 Å². The molecule has 3 nitrogen and oxygen atoms in total. The van der Waals surface area contributed by atoms with Gasteiger partial charge in [-0.15, -0.1) is 0 Å². The molecule has 0 aromatic rings. The van der Waals surface area contributed by atoms with Gasteiger partial charge in [0.1, 0.15) is 0 Å². The Morgan fingerprint density at radius 3 is 2.38 bits per heavy atom. The second kappa shape index (κ2) is 4.56. The molecule has 1 amide bonds. The second-order valence-electron chi connectivity index (χ2n) is 3.83. The van der Waals surface area contributed by atoms with E-state index in [-0.39, 0.29) is 17.4 Å². The summed E-state index contributed by atoms with van der Waals surface area (Å²) < 4.78 is 0. The van der Waals surface area contributed by atoms with E-state index >= 15 is 0 Å². The SMILES string of the molecule is CCC(C)(C)C(=O)NC(C)C(N)=S. The lowest BCUT2D eigenvalue weighted by Crippen LogP contribution is -2.46. The molecule has 0 spiro atoms. The largest absolute Gasteiger partial charge is 0.392 e. The number of hydrogen-bond acceptors (Lipinski definition) is 2. The lowest BCUT2D eigenvalue weighted by molar-refractivity contribution is -0.129. The van der Waals surface area contributed by atoms with Crippen LogP contribution in [0.2, 0.25) is 0 Å². The van der Waals surface area contributed by atoms with Gasteiger partial charge in [-0.05, 0) is 13.3 Å². The number of amides is 1. The summed E-state index contributed by atoms with van der Waals surface area (Å²) in [7, 11) is 0. The molecule has 0 aromatic carbocycles. The van der Waals surface area contributed by atoms with Crippen LogP contribution in [0.25, 0.3) is 0 Å². The van der Waals surface area contributed by atoms with Crippen LogP contribution in [0.5, 0.6) is 0 Å². The van der Waals surface area contributed by atoms with Crippen molar-refractivity contribution < 1.29 is 4.79 Å². The Balaban J connectivity index is 4.23. The highest BCUT2D eigenvalue weighted by atomic mass is 32.1. The first-order chi connectivity index (χ1) is 5.81. The van der Waals surface area contributed by atoms with Gasteiger partial charge in [-0.25, -0.2) is 0 Å². The van der Waals surface area contributed by atoms with E-state index in [0.29, 0.717) is 4.99 Å². The van der Waals surface area contributed by atoms with Crippen molar-refractivity contribution in [3.8, 4) is 0 Å². The molecule has 0 heterocycles. The predicted octanol–water partition coefficient (Wildman–Crippen LogP) is 1.21. The van der Waals surface area contributed by atoms with E-state index < -0.39 is 0 Å². The average molecular weight is 202 g/mol. The molecule has 0 aromatic heterocycles.